The van der Waals surface area contributed by atoms with E-state index in [4.69, 9.17) is 0 Å². The van der Waals surface area contributed by atoms with Crippen LogP contribution >= 0.6 is 0 Å². The molecule has 0 amide bonds. The second-order valence-electron chi connectivity index (χ2n) is 6.45. The largest absolute Gasteiger partial charge is 0.274 e. The first-order valence-electron chi connectivity index (χ1n) is 8.90. The first-order valence-corrected chi connectivity index (χ1v) is 10.3. The monoisotopic (exact) mass is 360 g/mol. The number of pyridine rings is 1. The van der Waals surface area contributed by atoms with Crippen LogP contribution in [0, 0.1) is 0 Å². The fourth-order valence-corrected chi connectivity index (χ4v) is 4.85. The number of hydrogen-bond acceptors (Lipinski definition) is 3. The highest BCUT2D eigenvalue weighted by molar-refractivity contribution is 7.92. The third-order valence-corrected chi connectivity index (χ3v) is 6.70. The predicted octanol–water partition coefficient (Wildman–Crippen LogP) is 3.09. The van der Waals surface area contributed by atoms with Gasteiger partial charge in [0.25, 0.3) is 15.8 Å². The number of benzene rings is 1. The van der Waals surface area contributed by atoms with E-state index in [-0.39, 0.29) is 4.90 Å². The molecule has 0 saturated carbocycles. The first kappa shape index (κ1) is 17.7. The van der Waals surface area contributed by atoms with Crippen molar-refractivity contribution in [2.45, 2.75) is 44.0 Å². The first-order chi connectivity index (χ1) is 12.0. The number of sulfonamides is 1. The van der Waals surface area contributed by atoms with Gasteiger partial charge >= 0.3 is 0 Å². The zero-order chi connectivity index (χ0) is 17.9. The molecule has 0 radical (unpaired) electrons. The van der Waals surface area contributed by atoms with Crippen LogP contribution in [0.15, 0.2) is 53.6 Å². The Morgan fingerprint density at radius 1 is 1.16 bits per heavy atom. The van der Waals surface area contributed by atoms with Gasteiger partial charge in [-0.05, 0) is 51.3 Å². The van der Waals surface area contributed by atoms with Crippen LogP contribution in [0.4, 0.5) is 11.5 Å². The lowest BCUT2D eigenvalue weighted by molar-refractivity contribution is -0.367. The van der Waals surface area contributed by atoms with Gasteiger partial charge in [0.05, 0.1) is 18.3 Å². The molecule has 0 unspecified atom stereocenters. The van der Waals surface area contributed by atoms with Crippen LogP contribution in [0.2, 0.25) is 0 Å². The molecule has 134 valence electrons. The number of H-pyrrole nitrogens is 1. The highest BCUT2D eigenvalue weighted by atomic mass is 32.2. The number of nitrogens with one attached hydrogen (secondary N) is 1. The summed E-state index contributed by atoms with van der Waals surface area (Å²) in [4.78, 5) is 5.79. The van der Waals surface area contributed by atoms with E-state index < -0.39 is 10.0 Å². The van der Waals surface area contributed by atoms with Crippen LogP contribution in [0.1, 0.15) is 33.1 Å². The summed E-state index contributed by atoms with van der Waals surface area (Å²) < 4.78 is 27.4. The number of rotatable bonds is 5. The van der Waals surface area contributed by atoms with Crippen molar-refractivity contribution in [2.75, 3.05) is 22.3 Å². The maximum Gasteiger partial charge on any atom is 0.274 e. The van der Waals surface area contributed by atoms with Crippen LogP contribution in [0.3, 0.4) is 0 Å². The molecule has 1 aliphatic rings. The maximum absolute atomic E-state index is 13.0. The zero-order valence-corrected chi connectivity index (χ0v) is 15.7. The summed E-state index contributed by atoms with van der Waals surface area (Å²) in [5.74, 6) is 0.980. The molecule has 0 aliphatic carbocycles. The number of anilines is 2. The quantitative estimate of drug-likeness (QED) is 0.823. The summed E-state index contributed by atoms with van der Waals surface area (Å²) in [6.45, 7) is 5.45. The van der Waals surface area contributed by atoms with Gasteiger partial charge in [0.1, 0.15) is 11.1 Å². The molecule has 1 N–H and O–H groups in total. The molecular weight excluding hydrogens is 334 g/mol. The molecule has 1 fully saturated rings. The Labute approximate surface area is 150 Å². The second-order valence-corrected chi connectivity index (χ2v) is 8.32. The second kappa shape index (κ2) is 7.44. The van der Waals surface area contributed by atoms with Crippen molar-refractivity contribution < 1.29 is 13.4 Å². The minimum Gasteiger partial charge on any atom is -0.267 e. The summed E-state index contributed by atoms with van der Waals surface area (Å²) in [6.07, 6.45) is 5.21. The van der Waals surface area contributed by atoms with Gasteiger partial charge in [-0.1, -0.05) is 18.2 Å². The Morgan fingerprint density at radius 2 is 1.92 bits per heavy atom. The smallest absolute Gasteiger partial charge is 0.267 e. The predicted molar refractivity (Wildman–Crippen MR) is 100 cm³/mol. The summed E-state index contributed by atoms with van der Waals surface area (Å²) in [5, 5.41) is 0. The Kier molecular flexibility index (Phi) is 5.27. The standard InChI is InChI=1S/C19H25N3O2S/c1-3-22(17-10-5-4-6-11-17)25(23,24)18-12-13-19(20-15-18)21-14-8-7-9-16(21)2/h4-6,10-13,15-16H,3,7-9,14H2,1-2H3/p+1/t16-/m0/s1. The number of aromatic amines is 1. The van der Waals surface area contributed by atoms with E-state index in [2.05, 4.69) is 16.8 Å². The topological polar surface area (TPSA) is 54.8 Å². The van der Waals surface area contributed by atoms with E-state index in [0.717, 1.165) is 12.4 Å². The number of para-hydroxylation sites is 1. The Balaban J connectivity index is 1.87. The Hall–Kier alpha value is -2.08. The van der Waals surface area contributed by atoms with Crippen molar-refractivity contribution in [2.24, 2.45) is 0 Å². The summed E-state index contributed by atoms with van der Waals surface area (Å²) in [7, 11) is -3.58. The average molecular weight is 361 g/mol. The van der Waals surface area contributed by atoms with Gasteiger partial charge in [0, 0.05) is 12.6 Å². The van der Waals surface area contributed by atoms with Crippen molar-refractivity contribution in [3.63, 3.8) is 0 Å². The van der Waals surface area contributed by atoms with Crippen molar-refractivity contribution in [1.29, 1.82) is 0 Å². The summed E-state index contributed by atoms with van der Waals surface area (Å²) in [5.41, 5.74) is 0.679. The minimum absolute atomic E-state index is 0.284. The molecule has 0 spiro atoms. The van der Waals surface area contributed by atoms with E-state index in [1.165, 1.54) is 23.6 Å². The SMILES string of the molecule is CCN(c1ccccc1)S(=O)(=O)c1ccc(N2CCCC[C@@H]2C)[nH+]c1. The van der Waals surface area contributed by atoms with Crippen LogP contribution < -0.4 is 14.2 Å². The van der Waals surface area contributed by atoms with Gasteiger partial charge in [0.15, 0.2) is 0 Å². The van der Waals surface area contributed by atoms with Crippen LogP contribution in [0.25, 0.3) is 0 Å². The van der Waals surface area contributed by atoms with E-state index in [1.54, 1.807) is 12.3 Å². The molecule has 3 rings (SSSR count). The highest BCUT2D eigenvalue weighted by Crippen LogP contribution is 2.25. The normalized spacial score (nSPS) is 18.2. The molecule has 1 aliphatic heterocycles. The van der Waals surface area contributed by atoms with Crippen molar-refractivity contribution in [3.05, 3.63) is 48.7 Å². The number of nitrogens with zero attached hydrogens (tertiary/aromatic N) is 2. The Bertz CT molecular complexity index is 791. The van der Waals surface area contributed by atoms with Gasteiger partial charge in [-0.3, -0.25) is 9.21 Å². The van der Waals surface area contributed by atoms with Gasteiger partial charge in [-0.15, -0.1) is 0 Å². The van der Waals surface area contributed by atoms with Crippen LogP contribution in [-0.4, -0.2) is 27.5 Å². The van der Waals surface area contributed by atoms with Gasteiger partial charge in [-0.25, -0.2) is 13.4 Å². The third kappa shape index (κ3) is 3.63. The van der Waals surface area contributed by atoms with Crippen molar-refractivity contribution in [1.82, 2.24) is 0 Å². The molecule has 1 aromatic heterocycles. The van der Waals surface area contributed by atoms with E-state index in [1.807, 2.05) is 43.3 Å². The highest BCUT2D eigenvalue weighted by Gasteiger charge is 2.28. The lowest BCUT2D eigenvalue weighted by atomic mass is 10.0. The number of aromatic nitrogens is 1. The van der Waals surface area contributed by atoms with E-state index in [9.17, 15) is 8.42 Å². The van der Waals surface area contributed by atoms with Crippen LogP contribution in [0.5, 0.6) is 0 Å². The Morgan fingerprint density at radius 3 is 2.52 bits per heavy atom. The molecule has 2 heterocycles. The number of hydrogen-bond donors (Lipinski definition) is 0. The number of piperidine rings is 1. The van der Waals surface area contributed by atoms with E-state index in [0.29, 0.717) is 18.3 Å². The summed E-state index contributed by atoms with van der Waals surface area (Å²) in [6, 6.07) is 13.3. The molecule has 5 nitrogen and oxygen atoms in total. The molecule has 1 aromatic carbocycles. The molecular formula is C19H26N3O2S+. The fraction of sp³-hybridized carbons (Fsp3) is 0.421. The van der Waals surface area contributed by atoms with Crippen molar-refractivity contribution >= 4 is 21.5 Å². The minimum atomic E-state index is -3.58. The molecule has 2 aromatic rings. The maximum atomic E-state index is 13.0. The molecule has 1 saturated heterocycles. The van der Waals surface area contributed by atoms with Gasteiger partial charge < -0.3 is 0 Å². The molecule has 1 atom stereocenters. The van der Waals surface area contributed by atoms with Gasteiger partial charge in [-0.2, -0.15) is 0 Å². The fourth-order valence-electron chi connectivity index (χ4n) is 3.41. The lowest BCUT2D eigenvalue weighted by Gasteiger charge is -2.28. The molecule has 25 heavy (non-hydrogen) atoms. The average Bonchev–Trinajstić information content (AvgIpc) is 2.63. The third-order valence-electron chi connectivity index (χ3n) is 4.80. The van der Waals surface area contributed by atoms with Crippen LogP contribution in [-0.2, 0) is 10.0 Å². The zero-order valence-electron chi connectivity index (χ0n) is 14.9. The molecule has 6 heteroatoms. The molecule has 0 bridgehead atoms. The van der Waals surface area contributed by atoms with E-state index >= 15 is 0 Å². The lowest BCUT2D eigenvalue weighted by Crippen LogP contribution is -2.40. The summed E-state index contributed by atoms with van der Waals surface area (Å²) >= 11 is 0. The van der Waals surface area contributed by atoms with Crippen molar-refractivity contribution in [3.8, 4) is 0 Å². The van der Waals surface area contributed by atoms with Gasteiger partial charge in [0.2, 0.25) is 0 Å².